The number of hydrogen-bond donors (Lipinski definition) is 0. The summed E-state index contributed by atoms with van der Waals surface area (Å²) < 4.78 is 5.64. The van der Waals surface area contributed by atoms with Gasteiger partial charge in [0.1, 0.15) is 0 Å². The number of unbranched alkanes of at least 4 members (excludes halogenated alkanes) is 12. The number of benzene rings is 2. The van der Waals surface area contributed by atoms with Gasteiger partial charge in [0.2, 0.25) is 5.78 Å². The maximum absolute atomic E-state index is 13.3. The predicted octanol–water partition coefficient (Wildman–Crippen LogP) is 13.4. The number of rotatable bonds is 22. The molecule has 0 aliphatic carbocycles. The molecular formula is C42H54O3S2. The highest BCUT2D eigenvalue weighted by Crippen LogP contribution is 2.33. The van der Waals surface area contributed by atoms with E-state index in [1.165, 1.54) is 105 Å². The van der Waals surface area contributed by atoms with Crippen molar-refractivity contribution in [2.75, 3.05) is 0 Å². The summed E-state index contributed by atoms with van der Waals surface area (Å²) in [4.78, 5) is 29.4. The van der Waals surface area contributed by atoms with Crippen LogP contribution in [-0.4, -0.2) is 17.9 Å². The Balaban J connectivity index is 1.22. The van der Waals surface area contributed by atoms with Gasteiger partial charge >= 0.3 is 5.97 Å². The van der Waals surface area contributed by atoms with Crippen LogP contribution in [0.25, 0.3) is 21.6 Å². The minimum atomic E-state index is -0.274. The fourth-order valence-electron chi connectivity index (χ4n) is 5.96. The van der Waals surface area contributed by atoms with Crippen LogP contribution in [0.5, 0.6) is 0 Å². The van der Waals surface area contributed by atoms with Crippen LogP contribution in [0.1, 0.15) is 148 Å². The highest BCUT2D eigenvalue weighted by Gasteiger charge is 2.15. The van der Waals surface area contributed by atoms with E-state index in [1.54, 1.807) is 0 Å². The highest BCUT2D eigenvalue weighted by molar-refractivity contribution is 7.16. The molecule has 47 heavy (non-hydrogen) atoms. The Morgan fingerprint density at radius 3 is 1.81 bits per heavy atom. The largest absolute Gasteiger partial charge is 0.459 e. The summed E-state index contributed by atoms with van der Waals surface area (Å²) in [5.74, 6) is -0.222. The molecule has 0 saturated carbocycles. The second-order valence-corrected chi connectivity index (χ2v) is 15.0. The number of aryl methyl sites for hydroxylation is 1. The molecular weight excluding hydrogens is 617 g/mol. The third-order valence-electron chi connectivity index (χ3n) is 8.92. The first kappa shape index (κ1) is 36.8. The fourth-order valence-corrected chi connectivity index (χ4v) is 7.94. The van der Waals surface area contributed by atoms with Crippen LogP contribution in [0.3, 0.4) is 0 Å². The van der Waals surface area contributed by atoms with Crippen molar-refractivity contribution < 1.29 is 14.3 Å². The number of ketones is 1. The number of carbonyl (C=O) groups excluding carboxylic acids is 2. The average Bonchev–Trinajstić information content (AvgIpc) is 3.78. The molecule has 0 bridgehead atoms. The van der Waals surface area contributed by atoms with Crippen molar-refractivity contribution in [3.05, 3.63) is 93.0 Å². The van der Waals surface area contributed by atoms with Gasteiger partial charge in [0.05, 0.1) is 16.5 Å². The molecule has 0 N–H and O–H groups in total. The van der Waals surface area contributed by atoms with Gasteiger partial charge in [-0.3, -0.25) is 4.79 Å². The van der Waals surface area contributed by atoms with Crippen LogP contribution in [0, 0.1) is 0 Å². The third-order valence-corrected chi connectivity index (χ3v) is 11.0. The number of thiophene rings is 2. The fraction of sp³-hybridized carbons (Fsp3) is 0.476. The summed E-state index contributed by atoms with van der Waals surface area (Å²) >= 11 is 3.38. The van der Waals surface area contributed by atoms with Crippen molar-refractivity contribution in [1.82, 2.24) is 0 Å². The normalized spacial score (nSPS) is 11.9. The van der Waals surface area contributed by atoms with Gasteiger partial charge in [0, 0.05) is 26.3 Å². The van der Waals surface area contributed by atoms with Gasteiger partial charge in [0.25, 0.3) is 0 Å². The van der Waals surface area contributed by atoms with E-state index in [2.05, 4.69) is 31.4 Å². The van der Waals surface area contributed by atoms with Crippen LogP contribution in [0.4, 0.5) is 0 Å². The summed E-state index contributed by atoms with van der Waals surface area (Å²) in [6, 6.07) is 21.8. The van der Waals surface area contributed by atoms with Crippen LogP contribution < -0.4 is 0 Å². The number of esters is 1. The maximum atomic E-state index is 13.3. The molecule has 0 aliphatic rings. The summed E-state index contributed by atoms with van der Waals surface area (Å²) in [6.07, 6.45) is 20.3. The molecule has 252 valence electrons. The zero-order valence-corrected chi connectivity index (χ0v) is 30.5. The highest BCUT2D eigenvalue weighted by atomic mass is 32.1. The molecule has 2 aromatic carbocycles. The Bertz CT molecular complexity index is 1480. The lowest BCUT2D eigenvalue weighted by molar-refractivity contribution is 0.0319. The van der Waals surface area contributed by atoms with Crippen molar-refractivity contribution in [2.24, 2.45) is 0 Å². The van der Waals surface area contributed by atoms with Crippen LogP contribution in [-0.2, 0) is 11.2 Å². The standard InChI is InChI=1S/C42H54O3S2/c1-4-6-8-10-11-12-13-14-15-17-19-38-28-29-39(47-38)37-30-40(46-31-37)41(43)35-24-20-33(21-25-35)34-22-26-36(27-23-34)42(44)45-32(3)18-16-9-7-5-2/h20-32H,4-19H2,1-3H3/t32-/m0/s1. The summed E-state index contributed by atoms with van der Waals surface area (Å²) in [7, 11) is 0. The second-order valence-electron chi connectivity index (χ2n) is 12.9. The zero-order valence-electron chi connectivity index (χ0n) is 28.9. The van der Waals surface area contributed by atoms with Crippen molar-refractivity contribution in [3.8, 4) is 21.6 Å². The minimum absolute atomic E-state index is 0.0526. The van der Waals surface area contributed by atoms with E-state index >= 15 is 0 Å². The Morgan fingerprint density at radius 2 is 1.19 bits per heavy atom. The van der Waals surface area contributed by atoms with Gasteiger partial charge in [-0.15, -0.1) is 22.7 Å². The van der Waals surface area contributed by atoms with Crippen molar-refractivity contribution in [3.63, 3.8) is 0 Å². The predicted molar refractivity (Wildman–Crippen MR) is 202 cm³/mol. The lowest BCUT2D eigenvalue weighted by Gasteiger charge is -2.13. The van der Waals surface area contributed by atoms with Crippen LogP contribution in [0.15, 0.2) is 72.1 Å². The zero-order chi connectivity index (χ0) is 33.3. The maximum Gasteiger partial charge on any atom is 0.338 e. The van der Waals surface area contributed by atoms with Gasteiger partial charge in [-0.2, -0.15) is 0 Å². The molecule has 4 aromatic rings. The summed E-state index contributed by atoms with van der Waals surface area (Å²) in [6.45, 7) is 6.44. The van der Waals surface area contributed by atoms with E-state index < -0.39 is 0 Å². The topological polar surface area (TPSA) is 43.4 Å². The summed E-state index contributed by atoms with van der Waals surface area (Å²) in [5.41, 5.74) is 4.39. The van der Waals surface area contributed by atoms with E-state index in [4.69, 9.17) is 4.74 Å². The lowest BCUT2D eigenvalue weighted by atomic mass is 10.0. The van der Waals surface area contributed by atoms with E-state index in [9.17, 15) is 9.59 Å². The Morgan fingerprint density at radius 1 is 0.638 bits per heavy atom. The second kappa shape index (κ2) is 20.4. The molecule has 5 heteroatoms. The molecule has 0 unspecified atom stereocenters. The molecule has 3 nitrogen and oxygen atoms in total. The van der Waals surface area contributed by atoms with E-state index in [1.807, 2.05) is 72.9 Å². The monoisotopic (exact) mass is 670 g/mol. The van der Waals surface area contributed by atoms with E-state index in [0.717, 1.165) is 40.8 Å². The molecule has 0 spiro atoms. The van der Waals surface area contributed by atoms with Crippen LogP contribution >= 0.6 is 22.7 Å². The molecule has 0 radical (unpaired) electrons. The smallest absolute Gasteiger partial charge is 0.338 e. The molecule has 0 saturated heterocycles. The Kier molecular flexibility index (Phi) is 16.0. The molecule has 1 atom stereocenters. The SMILES string of the molecule is CCCCCCCCCCCCc1ccc(-c2csc(C(=O)c3ccc(-c4ccc(C(=O)O[C@@H](C)CCCCCC)cc4)cc3)c2)s1. The number of hydrogen-bond acceptors (Lipinski definition) is 5. The summed E-state index contributed by atoms with van der Waals surface area (Å²) in [5, 5.41) is 2.11. The molecule has 0 aliphatic heterocycles. The lowest BCUT2D eigenvalue weighted by Crippen LogP contribution is -2.15. The number of carbonyl (C=O) groups is 2. The van der Waals surface area contributed by atoms with Gasteiger partial charge < -0.3 is 4.74 Å². The third kappa shape index (κ3) is 12.2. The molecule has 2 heterocycles. The molecule has 0 fully saturated rings. The van der Waals surface area contributed by atoms with E-state index in [0.29, 0.717) is 11.1 Å². The number of ether oxygens (including phenoxy) is 1. The van der Waals surface area contributed by atoms with Gasteiger partial charge in [0.15, 0.2) is 0 Å². The molecule has 4 rings (SSSR count). The van der Waals surface area contributed by atoms with Gasteiger partial charge in [-0.1, -0.05) is 127 Å². The quantitative estimate of drug-likeness (QED) is 0.0475. The van der Waals surface area contributed by atoms with Crippen molar-refractivity contribution in [2.45, 2.75) is 130 Å². The Labute approximate surface area is 291 Å². The molecule has 2 aromatic heterocycles. The molecule has 0 amide bonds. The van der Waals surface area contributed by atoms with Gasteiger partial charge in [-0.05, 0) is 74.1 Å². The average molecular weight is 671 g/mol. The minimum Gasteiger partial charge on any atom is -0.459 e. The first-order valence-electron chi connectivity index (χ1n) is 18.1. The van der Waals surface area contributed by atoms with Crippen molar-refractivity contribution >= 4 is 34.4 Å². The van der Waals surface area contributed by atoms with E-state index in [-0.39, 0.29) is 17.9 Å². The van der Waals surface area contributed by atoms with Gasteiger partial charge in [-0.25, -0.2) is 4.79 Å². The van der Waals surface area contributed by atoms with Crippen molar-refractivity contribution in [1.29, 1.82) is 0 Å². The Hall–Kier alpha value is -3.02. The van der Waals surface area contributed by atoms with Crippen LogP contribution in [0.2, 0.25) is 0 Å². The first-order valence-corrected chi connectivity index (χ1v) is 19.8. The first-order chi connectivity index (χ1) is 23.0.